The minimum atomic E-state index is -3.50. The van der Waals surface area contributed by atoms with Gasteiger partial charge in [-0.05, 0) is 30.7 Å². The number of carbonyl (C=O) groups is 1. The number of nitrogens with zero attached hydrogens (tertiary/aromatic N) is 1. The molecule has 1 aliphatic heterocycles. The Bertz CT molecular complexity index is 592. The molecule has 0 atom stereocenters. The molecule has 6 nitrogen and oxygen atoms in total. The van der Waals surface area contributed by atoms with Gasteiger partial charge >= 0.3 is 0 Å². The molecule has 1 aliphatic rings. The van der Waals surface area contributed by atoms with Crippen LogP contribution in [-0.2, 0) is 14.8 Å². The fourth-order valence-corrected chi connectivity index (χ4v) is 3.60. The number of benzene rings is 1. The number of morpholine rings is 1. The van der Waals surface area contributed by atoms with E-state index in [1.165, 1.54) is 16.4 Å². The summed E-state index contributed by atoms with van der Waals surface area (Å²) < 4.78 is 31.5. The Kier molecular flexibility index (Phi) is 5.93. The van der Waals surface area contributed by atoms with Crippen LogP contribution in [0.5, 0.6) is 0 Å². The second-order valence-electron chi connectivity index (χ2n) is 5.15. The first-order valence-electron chi connectivity index (χ1n) is 7.52. The minimum Gasteiger partial charge on any atom is -0.379 e. The van der Waals surface area contributed by atoms with Gasteiger partial charge in [-0.2, -0.15) is 4.31 Å². The Labute approximate surface area is 131 Å². The smallest absolute Gasteiger partial charge is 0.251 e. The van der Waals surface area contributed by atoms with E-state index in [1.54, 1.807) is 12.1 Å². The van der Waals surface area contributed by atoms with Gasteiger partial charge in [0.1, 0.15) is 0 Å². The van der Waals surface area contributed by atoms with Crippen LogP contribution >= 0.6 is 0 Å². The number of amides is 1. The van der Waals surface area contributed by atoms with E-state index in [-0.39, 0.29) is 10.8 Å². The maximum absolute atomic E-state index is 12.4. The lowest BCUT2D eigenvalue weighted by atomic mass is 10.2. The largest absolute Gasteiger partial charge is 0.379 e. The zero-order valence-corrected chi connectivity index (χ0v) is 13.6. The highest BCUT2D eigenvalue weighted by atomic mass is 32.2. The summed E-state index contributed by atoms with van der Waals surface area (Å²) in [6.45, 7) is 4.23. The first-order valence-corrected chi connectivity index (χ1v) is 8.96. The molecule has 122 valence electrons. The lowest BCUT2D eigenvalue weighted by Gasteiger charge is -2.26. The number of carbonyl (C=O) groups excluding carboxylic acids is 1. The number of rotatable bonds is 6. The monoisotopic (exact) mass is 326 g/mol. The van der Waals surface area contributed by atoms with Gasteiger partial charge in [0.25, 0.3) is 5.91 Å². The van der Waals surface area contributed by atoms with Crippen molar-refractivity contribution in [1.82, 2.24) is 9.62 Å². The van der Waals surface area contributed by atoms with Crippen molar-refractivity contribution >= 4 is 15.9 Å². The molecule has 1 heterocycles. The van der Waals surface area contributed by atoms with Crippen LogP contribution in [0.4, 0.5) is 0 Å². The van der Waals surface area contributed by atoms with E-state index in [0.717, 1.165) is 12.8 Å². The Morgan fingerprint density at radius 2 is 1.86 bits per heavy atom. The van der Waals surface area contributed by atoms with Crippen molar-refractivity contribution in [2.24, 2.45) is 0 Å². The van der Waals surface area contributed by atoms with Crippen LogP contribution in [0.15, 0.2) is 29.2 Å². The standard InChI is InChI=1S/C15H22N2O4S/c1-2-3-8-16-15(18)13-4-6-14(7-5-13)22(19,20)17-9-11-21-12-10-17/h4-7H,2-3,8-12H2,1H3,(H,16,18). The van der Waals surface area contributed by atoms with Crippen molar-refractivity contribution in [3.8, 4) is 0 Å². The van der Waals surface area contributed by atoms with E-state index in [9.17, 15) is 13.2 Å². The van der Waals surface area contributed by atoms with Crippen LogP contribution < -0.4 is 5.32 Å². The molecule has 0 saturated carbocycles. The summed E-state index contributed by atoms with van der Waals surface area (Å²) >= 11 is 0. The van der Waals surface area contributed by atoms with Crippen molar-refractivity contribution < 1.29 is 17.9 Å². The molecule has 0 aromatic heterocycles. The predicted molar refractivity (Wildman–Crippen MR) is 83.3 cm³/mol. The van der Waals surface area contributed by atoms with Crippen molar-refractivity contribution in [2.75, 3.05) is 32.8 Å². The van der Waals surface area contributed by atoms with Crippen molar-refractivity contribution in [3.05, 3.63) is 29.8 Å². The molecule has 0 bridgehead atoms. The van der Waals surface area contributed by atoms with Gasteiger partial charge in [-0.1, -0.05) is 13.3 Å². The SMILES string of the molecule is CCCCNC(=O)c1ccc(S(=O)(=O)N2CCOCC2)cc1. The maximum atomic E-state index is 12.4. The molecule has 7 heteroatoms. The molecule has 0 unspecified atom stereocenters. The predicted octanol–water partition coefficient (Wildman–Crippen LogP) is 1.24. The zero-order valence-electron chi connectivity index (χ0n) is 12.7. The highest BCUT2D eigenvalue weighted by Crippen LogP contribution is 2.17. The van der Waals surface area contributed by atoms with Gasteiger partial charge in [0.2, 0.25) is 10.0 Å². The van der Waals surface area contributed by atoms with Gasteiger partial charge in [0, 0.05) is 25.2 Å². The lowest BCUT2D eigenvalue weighted by Crippen LogP contribution is -2.40. The number of nitrogens with one attached hydrogen (secondary N) is 1. The topological polar surface area (TPSA) is 75.7 Å². The van der Waals surface area contributed by atoms with Crippen molar-refractivity contribution in [2.45, 2.75) is 24.7 Å². The van der Waals surface area contributed by atoms with Crippen LogP contribution in [0.3, 0.4) is 0 Å². The second-order valence-corrected chi connectivity index (χ2v) is 7.09. The van der Waals surface area contributed by atoms with Crippen LogP contribution in [0, 0.1) is 0 Å². The normalized spacial score (nSPS) is 16.4. The highest BCUT2D eigenvalue weighted by molar-refractivity contribution is 7.89. The van der Waals surface area contributed by atoms with E-state index >= 15 is 0 Å². The molecule has 1 N–H and O–H groups in total. The molecule has 2 rings (SSSR count). The number of hydrogen-bond acceptors (Lipinski definition) is 4. The first-order chi connectivity index (χ1) is 10.6. The van der Waals surface area contributed by atoms with Gasteiger partial charge in [0.05, 0.1) is 18.1 Å². The van der Waals surface area contributed by atoms with Crippen LogP contribution in [0.2, 0.25) is 0 Å². The minimum absolute atomic E-state index is 0.177. The molecule has 1 aromatic carbocycles. The van der Waals surface area contributed by atoms with Gasteiger partial charge in [-0.15, -0.1) is 0 Å². The third kappa shape index (κ3) is 4.06. The van der Waals surface area contributed by atoms with Crippen LogP contribution in [0.25, 0.3) is 0 Å². The average molecular weight is 326 g/mol. The Morgan fingerprint density at radius 1 is 1.23 bits per heavy atom. The number of hydrogen-bond donors (Lipinski definition) is 1. The van der Waals surface area contributed by atoms with Crippen LogP contribution in [-0.4, -0.2) is 51.5 Å². The molecule has 0 radical (unpaired) electrons. The van der Waals surface area contributed by atoms with E-state index in [1.807, 2.05) is 0 Å². The van der Waals surface area contributed by atoms with Gasteiger partial charge in [-0.25, -0.2) is 8.42 Å². The lowest BCUT2D eigenvalue weighted by molar-refractivity contribution is 0.0730. The summed E-state index contributed by atoms with van der Waals surface area (Å²) in [4.78, 5) is 12.1. The second kappa shape index (κ2) is 7.71. The summed E-state index contributed by atoms with van der Waals surface area (Å²) in [5.74, 6) is -0.177. The third-order valence-corrected chi connectivity index (χ3v) is 5.45. The highest BCUT2D eigenvalue weighted by Gasteiger charge is 2.26. The quantitative estimate of drug-likeness (QED) is 0.798. The molecular formula is C15H22N2O4S. The first kappa shape index (κ1) is 16.9. The number of sulfonamides is 1. The van der Waals surface area contributed by atoms with E-state index < -0.39 is 10.0 Å². The zero-order chi connectivity index (χ0) is 16.0. The summed E-state index contributed by atoms with van der Waals surface area (Å²) in [7, 11) is -3.50. The average Bonchev–Trinajstić information content (AvgIpc) is 2.56. The fourth-order valence-electron chi connectivity index (χ4n) is 2.20. The van der Waals surface area contributed by atoms with E-state index in [0.29, 0.717) is 38.4 Å². The third-order valence-electron chi connectivity index (χ3n) is 3.54. The Hall–Kier alpha value is -1.44. The Morgan fingerprint density at radius 3 is 2.45 bits per heavy atom. The maximum Gasteiger partial charge on any atom is 0.251 e. The molecule has 0 spiro atoms. The van der Waals surface area contributed by atoms with Crippen LogP contribution in [0.1, 0.15) is 30.1 Å². The summed E-state index contributed by atoms with van der Waals surface area (Å²) in [6, 6.07) is 6.07. The molecule has 1 saturated heterocycles. The molecule has 1 fully saturated rings. The van der Waals surface area contributed by atoms with Gasteiger partial charge in [0.15, 0.2) is 0 Å². The summed E-state index contributed by atoms with van der Waals surface area (Å²) in [5, 5.41) is 2.81. The number of ether oxygens (including phenoxy) is 1. The molecular weight excluding hydrogens is 304 g/mol. The Balaban J connectivity index is 2.06. The molecule has 0 aliphatic carbocycles. The van der Waals surface area contributed by atoms with Gasteiger partial charge in [-0.3, -0.25) is 4.79 Å². The fraction of sp³-hybridized carbons (Fsp3) is 0.533. The van der Waals surface area contributed by atoms with Gasteiger partial charge < -0.3 is 10.1 Å². The van der Waals surface area contributed by atoms with E-state index in [2.05, 4.69) is 12.2 Å². The van der Waals surface area contributed by atoms with Crippen molar-refractivity contribution in [1.29, 1.82) is 0 Å². The summed E-state index contributed by atoms with van der Waals surface area (Å²) in [6.07, 6.45) is 1.94. The molecule has 1 amide bonds. The van der Waals surface area contributed by atoms with E-state index in [4.69, 9.17) is 4.74 Å². The molecule has 22 heavy (non-hydrogen) atoms. The van der Waals surface area contributed by atoms with Crippen molar-refractivity contribution in [3.63, 3.8) is 0 Å². The molecule has 1 aromatic rings. The number of unbranched alkanes of at least 4 members (excludes halogenated alkanes) is 1. The summed E-state index contributed by atoms with van der Waals surface area (Å²) in [5.41, 5.74) is 0.469.